The Bertz CT molecular complexity index is 481. The third-order valence-electron chi connectivity index (χ3n) is 3.86. The van der Waals surface area contributed by atoms with Crippen LogP contribution in [0.3, 0.4) is 0 Å². The molecule has 1 fully saturated rings. The van der Waals surface area contributed by atoms with Crippen molar-refractivity contribution < 1.29 is 9.53 Å². The molecular weight excluding hydrogens is 280 g/mol. The number of carbonyl (C=O) groups excluding carboxylic acids is 1. The number of aromatic amines is 1. The fraction of sp³-hybridized carbons (Fsp3) is 0.750. The van der Waals surface area contributed by atoms with E-state index in [1.54, 1.807) is 6.20 Å². The number of ether oxygens (including phenoxy) is 1. The van der Waals surface area contributed by atoms with E-state index in [2.05, 4.69) is 22.4 Å². The summed E-state index contributed by atoms with van der Waals surface area (Å²) in [7, 11) is 0. The Labute approximate surface area is 132 Å². The summed E-state index contributed by atoms with van der Waals surface area (Å²) in [6.45, 7) is 11.1. The summed E-state index contributed by atoms with van der Waals surface area (Å²) >= 11 is 0. The fourth-order valence-electron chi connectivity index (χ4n) is 2.82. The van der Waals surface area contributed by atoms with Crippen molar-refractivity contribution in [2.45, 2.75) is 52.7 Å². The molecule has 6 heteroatoms. The van der Waals surface area contributed by atoms with E-state index in [0.717, 1.165) is 44.7 Å². The summed E-state index contributed by atoms with van der Waals surface area (Å²) in [6, 6.07) is 1.96. The van der Waals surface area contributed by atoms with E-state index < -0.39 is 5.60 Å². The molecule has 0 aromatic carbocycles. The first-order valence-corrected chi connectivity index (χ1v) is 7.94. The molecule has 2 rings (SSSR count). The van der Waals surface area contributed by atoms with Crippen LogP contribution in [0.15, 0.2) is 12.3 Å². The van der Waals surface area contributed by atoms with Gasteiger partial charge in [0.05, 0.1) is 0 Å². The van der Waals surface area contributed by atoms with Gasteiger partial charge in [0.2, 0.25) is 0 Å². The van der Waals surface area contributed by atoms with Gasteiger partial charge in [0, 0.05) is 38.1 Å². The van der Waals surface area contributed by atoms with E-state index in [-0.39, 0.29) is 11.5 Å². The van der Waals surface area contributed by atoms with E-state index >= 15 is 0 Å². The van der Waals surface area contributed by atoms with E-state index in [9.17, 15) is 4.79 Å². The standard InChI is InChI=1S/C16H28N4O2/c1-15(2,3)22-14(21)20-9-5-7-16(4,12-20)11-17-10-13-6-8-18-19-13/h6,8,17H,5,7,9-12H2,1-4H3,(H,18,19). The van der Waals surface area contributed by atoms with Crippen molar-refractivity contribution in [2.24, 2.45) is 5.41 Å². The molecule has 1 aromatic rings. The SMILES string of the molecule is CC1(CNCc2ccn[nH]2)CCCN(C(=O)OC(C)(C)C)C1. The molecule has 1 amide bonds. The quantitative estimate of drug-likeness (QED) is 0.897. The largest absolute Gasteiger partial charge is 0.444 e. The molecule has 1 unspecified atom stereocenters. The highest BCUT2D eigenvalue weighted by atomic mass is 16.6. The number of aromatic nitrogens is 2. The summed E-state index contributed by atoms with van der Waals surface area (Å²) in [4.78, 5) is 14.1. The van der Waals surface area contributed by atoms with E-state index in [4.69, 9.17) is 4.74 Å². The van der Waals surface area contributed by atoms with Crippen LogP contribution >= 0.6 is 0 Å². The predicted molar refractivity (Wildman–Crippen MR) is 85.4 cm³/mol. The Morgan fingerprint density at radius 3 is 2.95 bits per heavy atom. The van der Waals surface area contributed by atoms with E-state index in [1.165, 1.54) is 0 Å². The smallest absolute Gasteiger partial charge is 0.410 e. The highest BCUT2D eigenvalue weighted by Gasteiger charge is 2.34. The van der Waals surface area contributed by atoms with Gasteiger partial charge in [0.25, 0.3) is 0 Å². The van der Waals surface area contributed by atoms with Crippen molar-refractivity contribution in [1.82, 2.24) is 20.4 Å². The number of hydrogen-bond donors (Lipinski definition) is 2. The number of H-pyrrole nitrogens is 1. The molecule has 0 bridgehead atoms. The lowest BCUT2D eigenvalue weighted by Gasteiger charge is -2.41. The summed E-state index contributed by atoms with van der Waals surface area (Å²) in [5.41, 5.74) is 0.710. The Balaban J connectivity index is 1.84. The lowest BCUT2D eigenvalue weighted by Crippen LogP contribution is -2.50. The zero-order chi connectivity index (χ0) is 16.2. The monoisotopic (exact) mass is 308 g/mol. The van der Waals surface area contributed by atoms with Crippen LogP contribution in [0.25, 0.3) is 0 Å². The van der Waals surface area contributed by atoms with Crippen LogP contribution in [-0.2, 0) is 11.3 Å². The van der Waals surface area contributed by atoms with Crippen molar-refractivity contribution in [1.29, 1.82) is 0 Å². The molecule has 0 aliphatic carbocycles. The Hall–Kier alpha value is -1.56. The number of nitrogens with one attached hydrogen (secondary N) is 2. The van der Waals surface area contributed by atoms with Gasteiger partial charge in [-0.1, -0.05) is 6.92 Å². The zero-order valence-electron chi connectivity index (χ0n) is 14.1. The highest BCUT2D eigenvalue weighted by molar-refractivity contribution is 5.68. The Morgan fingerprint density at radius 1 is 1.55 bits per heavy atom. The molecule has 1 aromatic heterocycles. The van der Waals surface area contributed by atoms with Gasteiger partial charge < -0.3 is 15.0 Å². The molecule has 124 valence electrons. The van der Waals surface area contributed by atoms with Crippen LogP contribution < -0.4 is 5.32 Å². The molecule has 22 heavy (non-hydrogen) atoms. The first kappa shape index (κ1) is 16.8. The van der Waals surface area contributed by atoms with Crippen LogP contribution in [0.5, 0.6) is 0 Å². The number of hydrogen-bond acceptors (Lipinski definition) is 4. The van der Waals surface area contributed by atoms with Crippen molar-refractivity contribution in [3.63, 3.8) is 0 Å². The fourth-order valence-corrected chi connectivity index (χ4v) is 2.82. The maximum Gasteiger partial charge on any atom is 0.410 e. The lowest BCUT2D eigenvalue weighted by atomic mass is 9.82. The van der Waals surface area contributed by atoms with Gasteiger partial charge in [-0.3, -0.25) is 5.10 Å². The van der Waals surface area contributed by atoms with E-state index in [0.29, 0.717) is 0 Å². The second kappa shape index (κ2) is 6.69. The molecule has 2 N–H and O–H groups in total. The third-order valence-corrected chi connectivity index (χ3v) is 3.86. The molecule has 1 aliphatic heterocycles. The number of amides is 1. The average molecular weight is 308 g/mol. The minimum Gasteiger partial charge on any atom is -0.444 e. The zero-order valence-corrected chi connectivity index (χ0v) is 14.1. The third kappa shape index (κ3) is 5.02. The van der Waals surface area contributed by atoms with Gasteiger partial charge in [0.1, 0.15) is 5.60 Å². The molecule has 2 heterocycles. The van der Waals surface area contributed by atoms with Gasteiger partial charge >= 0.3 is 6.09 Å². The predicted octanol–water partition coefficient (Wildman–Crippen LogP) is 2.54. The molecule has 0 spiro atoms. The number of likely N-dealkylation sites (tertiary alicyclic amines) is 1. The van der Waals surface area contributed by atoms with Crippen molar-refractivity contribution in [2.75, 3.05) is 19.6 Å². The van der Waals surface area contributed by atoms with Crippen LogP contribution in [0, 0.1) is 5.41 Å². The Kier molecular flexibility index (Phi) is 5.11. The normalized spacial score (nSPS) is 22.6. The van der Waals surface area contributed by atoms with Crippen molar-refractivity contribution >= 4 is 6.09 Å². The number of nitrogens with zero attached hydrogens (tertiary/aromatic N) is 2. The number of rotatable bonds is 4. The minimum absolute atomic E-state index is 0.0785. The van der Waals surface area contributed by atoms with Gasteiger partial charge in [-0.2, -0.15) is 5.10 Å². The van der Waals surface area contributed by atoms with Crippen LogP contribution in [0.4, 0.5) is 4.79 Å². The molecule has 1 saturated heterocycles. The second-order valence-corrected chi connectivity index (χ2v) is 7.50. The Morgan fingerprint density at radius 2 is 2.32 bits per heavy atom. The summed E-state index contributed by atoms with van der Waals surface area (Å²) < 4.78 is 5.49. The van der Waals surface area contributed by atoms with Gasteiger partial charge in [-0.05, 0) is 45.1 Å². The molecule has 0 radical (unpaired) electrons. The number of piperidine rings is 1. The number of carbonyl (C=O) groups is 1. The van der Waals surface area contributed by atoms with Gasteiger partial charge in [0.15, 0.2) is 0 Å². The summed E-state index contributed by atoms with van der Waals surface area (Å²) in [5, 5.41) is 10.3. The highest BCUT2D eigenvalue weighted by Crippen LogP contribution is 2.29. The van der Waals surface area contributed by atoms with Crippen LogP contribution in [0.1, 0.15) is 46.2 Å². The average Bonchev–Trinajstić information content (AvgIpc) is 2.90. The first-order chi connectivity index (χ1) is 10.3. The maximum absolute atomic E-state index is 12.2. The topological polar surface area (TPSA) is 70.2 Å². The first-order valence-electron chi connectivity index (χ1n) is 7.94. The summed E-state index contributed by atoms with van der Waals surface area (Å²) in [5.74, 6) is 0. The minimum atomic E-state index is -0.441. The van der Waals surface area contributed by atoms with E-state index in [1.807, 2.05) is 31.7 Å². The molecule has 1 aliphatic rings. The van der Waals surface area contributed by atoms with Crippen LogP contribution in [0.2, 0.25) is 0 Å². The van der Waals surface area contributed by atoms with Crippen molar-refractivity contribution in [3.05, 3.63) is 18.0 Å². The van der Waals surface area contributed by atoms with Crippen LogP contribution in [-0.4, -0.2) is 46.4 Å². The molecule has 6 nitrogen and oxygen atoms in total. The second-order valence-electron chi connectivity index (χ2n) is 7.50. The molecule has 0 saturated carbocycles. The van der Waals surface area contributed by atoms with Gasteiger partial charge in [-0.25, -0.2) is 4.79 Å². The molecular formula is C16H28N4O2. The molecule has 1 atom stereocenters. The van der Waals surface area contributed by atoms with Crippen molar-refractivity contribution in [3.8, 4) is 0 Å². The lowest BCUT2D eigenvalue weighted by molar-refractivity contribution is 0.00674. The van der Waals surface area contributed by atoms with Gasteiger partial charge in [-0.15, -0.1) is 0 Å². The summed E-state index contributed by atoms with van der Waals surface area (Å²) in [6.07, 6.45) is 3.68. The maximum atomic E-state index is 12.2.